The summed E-state index contributed by atoms with van der Waals surface area (Å²) in [6.45, 7) is 4.31. The molecule has 1 aliphatic rings. The van der Waals surface area contributed by atoms with Crippen molar-refractivity contribution in [1.82, 2.24) is 10.5 Å². The second-order valence-electron chi connectivity index (χ2n) is 3.82. The van der Waals surface area contributed by atoms with Gasteiger partial charge in [0.1, 0.15) is 5.76 Å². The van der Waals surface area contributed by atoms with E-state index in [2.05, 4.69) is 10.5 Å². The third-order valence-corrected chi connectivity index (χ3v) is 2.76. The Balaban J connectivity index is 1.93. The van der Waals surface area contributed by atoms with E-state index in [0.29, 0.717) is 0 Å². The van der Waals surface area contributed by atoms with Crippen LogP contribution in [-0.2, 0) is 6.42 Å². The third-order valence-electron chi connectivity index (χ3n) is 2.76. The fourth-order valence-corrected chi connectivity index (χ4v) is 1.92. The summed E-state index contributed by atoms with van der Waals surface area (Å²) >= 11 is 0. The van der Waals surface area contributed by atoms with Crippen molar-refractivity contribution in [3.05, 3.63) is 17.5 Å². The Bertz CT molecular complexity index is 264. The zero-order valence-corrected chi connectivity index (χ0v) is 8.05. The third kappa shape index (κ3) is 2.10. The summed E-state index contributed by atoms with van der Waals surface area (Å²) in [7, 11) is 0. The maximum absolute atomic E-state index is 5.04. The Morgan fingerprint density at radius 2 is 2.62 bits per heavy atom. The molecule has 3 nitrogen and oxygen atoms in total. The van der Waals surface area contributed by atoms with E-state index in [1.807, 2.05) is 13.1 Å². The number of hydrogen-bond donors (Lipinski definition) is 1. The zero-order valence-electron chi connectivity index (χ0n) is 8.05. The number of nitrogens with one attached hydrogen (secondary N) is 1. The molecule has 0 aliphatic carbocycles. The van der Waals surface area contributed by atoms with E-state index in [4.69, 9.17) is 4.52 Å². The van der Waals surface area contributed by atoms with Crippen molar-refractivity contribution in [2.24, 2.45) is 5.92 Å². The number of rotatable bonds is 2. The first-order chi connectivity index (χ1) is 6.36. The van der Waals surface area contributed by atoms with E-state index >= 15 is 0 Å². The maximum atomic E-state index is 5.04. The van der Waals surface area contributed by atoms with Crippen molar-refractivity contribution in [2.45, 2.75) is 26.2 Å². The molecule has 1 aromatic heterocycles. The lowest BCUT2D eigenvalue weighted by Gasteiger charge is -2.21. The average molecular weight is 180 g/mol. The highest BCUT2D eigenvalue weighted by molar-refractivity contribution is 5.12. The van der Waals surface area contributed by atoms with Gasteiger partial charge in [0.2, 0.25) is 0 Å². The molecule has 1 fully saturated rings. The Labute approximate surface area is 78.5 Å². The summed E-state index contributed by atoms with van der Waals surface area (Å²) in [5, 5.41) is 7.21. The Kier molecular flexibility index (Phi) is 2.64. The van der Waals surface area contributed by atoms with Gasteiger partial charge in [0.05, 0.1) is 6.20 Å². The molecular formula is C10H16N2O. The van der Waals surface area contributed by atoms with Crippen molar-refractivity contribution in [3.63, 3.8) is 0 Å². The fraction of sp³-hybridized carbons (Fsp3) is 0.700. The standard InChI is InChI=1S/C10H16N2O/c1-8-10(7-12-13-8)5-9-3-2-4-11-6-9/h7,9,11H,2-6H2,1H3. The zero-order chi connectivity index (χ0) is 9.10. The molecule has 2 rings (SSSR count). The molecule has 1 saturated heterocycles. The normalized spacial score (nSPS) is 23.3. The van der Waals surface area contributed by atoms with Crippen LogP contribution in [0.3, 0.4) is 0 Å². The van der Waals surface area contributed by atoms with Crippen LogP contribution < -0.4 is 5.32 Å². The molecule has 72 valence electrons. The molecule has 0 saturated carbocycles. The summed E-state index contributed by atoms with van der Waals surface area (Å²) in [6, 6.07) is 0. The van der Waals surface area contributed by atoms with E-state index < -0.39 is 0 Å². The topological polar surface area (TPSA) is 38.1 Å². The first kappa shape index (κ1) is 8.75. The fourth-order valence-electron chi connectivity index (χ4n) is 1.92. The smallest absolute Gasteiger partial charge is 0.136 e. The summed E-state index contributed by atoms with van der Waals surface area (Å²) in [4.78, 5) is 0. The molecule has 13 heavy (non-hydrogen) atoms. The van der Waals surface area contributed by atoms with E-state index in [0.717, 1.165) is 24.6 Å². The first-order valence-electron chi connectivity index (χ1n) is 4.97. The van der Waals surface area contributed by atoms with Gasteiger partial charge in [-0.05, 0) is 45.2 Å². The highest BCUT2D eigenvalue weighted by atomic mass is 16.5. The molecule has 0 bridgehead atoms. The van der Waals surface area contributed by atoms with Gasteiger partial charge in [-0.1, -0.05) is 5.16 Å². The highest BCUT2D eigenvalue weighted by Gasteiger charge is 2.15. The number of nitrogens with zero attached hydrogens (tertiary/aromatic N) is 1. The molecular weight excluding hydrogens is 164 g/mol. The highest BCUT2D eigenvalue weighted by Crippen LogP contribution is 2.18. The lowest BCUT2D eigenvalue weighted by atomic mass is 9.93. The second-order valence-corrected chi connectivity index (χ2v) is 3.82. The minimum atomic E-state index is 0.770. The van der Waals surface area contributed by atoms with Gasteiger partial charge < -0.3 is 9.84 Å². The van der Waals surface area contributed by atoms with E-state index in [9.17, 15) is 0 Å². The van der Waals surface area contributed by atoms with Crippen LogP contribution in [-0.4, -0.2) is 18.2 Å². The monoisotopic (exact) mass is 180 g/mol. The predicted molar refractivity (Wildman–Crippen MR) is 50.5 cm³/mol. The van der Waals surface area contributed by atoms with E-state index in [-0.39, 0.29) is 0 Å². The van der Waals surface area contributed by atoms with Gasteiger partial charge in [0, 0.05) is 5.56 Å². The van der Waals surface area contributed by atoms with Crippen LogP contribution in [0.15, 0.2) is 10.7 Å². The van der Waals surface area contributed by atoms with Crippen LogP contribution in [0.4, 0.5) is 0 Å². The summed E-state index contributed by atoms with van der Waals surface area (Å²) < 4.78 is 5.04. The molecule has 3 heteroatoms. The van der Waals surface area contributed by atoms with Gasteiger partial charge in [-0.2, -0.15) is 0 Å². The number of aryl methyl sites for hydroxylation is 1. The van der Waals surface area contributed by atoms with Crippen LogP contribution >= 0.6 is 0 Å². The average Bonchev–Trinajstić information content (AvgIpc) is 2.54. The lowest BCUT2D eigenvalue weighted by Crippen LogP contribution is -2.30. The minimum absolute atomic E-state index is 0.770. The summed E-state index contributed by atoms with van der Waals surface area (Å²) in [5.74, 6) is 1.75. The van der Waals surface area contributed by atoms with Gasteiger partial charge in [-0.15, -0.1) is 0 Å². The van der Waals surface area contributed by atoms with Crippen LogP contribution in [0.25, 0.3) is 0 Å². The molecule has 1 aromatic rings. The Morgan fingerprint density at radius 3 is 3.23 bits per heavy atom. The number of piperidine rings is 1. The molecule has 1 unspecified atom stereocenters. The van der Waals surface area contributed by atoms with Crippen molar-refractivity contribution >= 4 is 0 Å². The largest absolute Gasteiger partial charge is 0.361 e. The van der Waals surface area contributed by atoms with Gasteiger partial charge in [0.25, 0.3) is 0 Å². The molecule has 0 radical (unpaired) electrons. The quantitative estimate of drug-likeness (QED) is 0.750. The van der Waals surface area contributed by atoms with Crippen molar-refractivity contribution in [3.8, 4) is 0 Å². The van der Waals surface area contributed by atoms with Crippen LogP contribution in [0, 0.1) is 12.8 Å². The molecule has 0 amide bonds. The van der Waals surface area contributed by atoms with E-state index in [1.54, 1.807) is 0 Å². The molecule has 1 aliphatic heterocycles. The molecule has 1 atom stereocenters. The van der Waals surface area contributed by atoms with Gasteiger partial charge in [-0.3, -0.25) is 0 Å². The van der Waals surface area contributed by atoms with Crippen LogP contribution in [0.5, 0.6) is 0 Å². The van der Waals surface area contributed by atoms with Crippen molar-refractivity contribution in [1.29, 1.82) is 0 Å². The summed E-state index contributed by atoms with van der Waals surface area (Å²) in [5.41, 5.74) is 1.27. The predicted octanol–water partition coefficient (Wildman–Crippen LogP) is 1.53. The van der Waals surface area contributed by atoms with E-state index in [1.165, 1.54) is 24.9 Å². The number of hydrogen-bond acceptors (Lipinski definition) is 3. The Morgan fingerprint density at radius 1 is 1.69 bits per heavy atom. The van der Waals surface area contributed by atoms with Gasteiger partial charge in [0.15, 0.2) is 0 Å². The summed E-state index contributed by atoms with van der Waals surface area (Å²) in [6.07, 6.45) is 5.60. The van der Waals surface area contributed by atoms with Gasteiger partial charge >= 0.3 is 0 Å². The molecule has 0 spiro atoms. The molecule has 1 N–H and O–H groups in total. The lowest BCUT2D eigenvalue weighted by molar-refractivity contribution is 0.369. The first-order valence-corrected chi connectivity index (χ1v) is 4.97. The van der Waals surface area contributed by atoms with Crippen molar-refractivity contribution < 1.29 is 4.52 Å². The maximum Gasteiger partial charge on any atom is 0.136 e. The molecule has 0 aromatic carbocycles. The van der Waals surface area contributed by atoms with Crippen molar-refractivity contribution in [2.75, 3.05) is 13.1 Å². The van der Waals surface area contributed by atoms with Crippen LogP contribution in [0.2, 0.25) is 0 Å². The van der Waals surface area contributed by atoms with Gasteiger partial charge in [-0.25, -0.2) is 0 Å². The Hall–Kier alpha value is -0.830. The van der Waals surface area contributed by atoms with Crippen LogP contribution in [0.1, 0.15) is 24.2 Å². The number of aromatic nitrogens is 1. The SMILES string of the molecule is Cc1oncc1CC1CCCNC1. The minimum Gasteiger partial charge on any atom is -0.361 e. The second kappa shape index (κ2) is 3.92. The molecule has 2 heterocycles.